The average Bonchev–Trinajstić information content (AvgIpc) is 2.61. The standard InChI is InChI=1S/C19H30N2O3/c1-3-21(18-6-5-11-20-17(18)14-22)13-16-9-7-15(8-10-16)12-19(23)24-4-2/h5-6,11,15-16,22H,3-4,7-10,12-14H2,1-2H3. The van der Waals surface area contributed by atoms with Gasteiger partial charge in [-0.15, -0.1) is 0 Å². The Morgan fingerprint density at radius 1 is 1.29 bits per heavy atom. The molecule has 5 nitrogen and oxygen atoms in total. The number of aliphatic hydroxyl groups is 1. The summed E-state index contributed by atoms with van der Waals surface area (Å²) in [6.07, 6.45) is 6.78. The summed E-state index contributed by atoms with van der Waals surface area (Å²) in [6.45, 7) is 6.33. The summed E-state index contributed by atoms with van der Waals surface area (Å²) >= 11 is 0. The van der Waals surface area contributed by atoms with Crippen molar-refractivity contribution < 1.29 is 14.6 Å². The predicted octanol–water partition coefficient (Wildman–Crippen LogP) is 3.16. The largest absolute Gasteiger partial charge is 0.466 e. The summed E-state index contributed by atoms with van der Waals surface area (Å²) < 4.78 is 5.06. The van der Waals surface area contributed by atoms with E-state index in [0.717, 1.165) is 50.2 Å². The van der Waals surface area contributed by atoms with Crippen molar-refractivity contribution in [1.29, 1.82) is 0 Å². The van der Waals surface area contributed by atoms with Gasteiger partial charge in [0.2, 0.25) is 0 Å². The molecule has 1 aliphatic carbocycles. The number of hydrogen-bond acceptors (Lipinski definition) is 5. The fraction of sp³-hybridized carbons (Fsp3) is 0.684. The summed E-state index contributed by atoms with van der Waals surface area (Å²) in [7, 11) is 0. The van der Waals surface area contributed by atoms with Gasteiger partial charge in [-0.1, -0.05) is 0 Å². The molecule has 1 N–H and O–H groups in total. The molecule has 1 fully saturated rings. The van der Waals surface area contributed by atoms with Crippen molar-refractivity contribution in [3.8, 4) is 0 Å². The second-order valence-electron chi connectivity index (χ2n) is 6.56. The van der Waals surface area contributed by atoms with Gasteiger partial charge in [0.15, 0.2) is 0 Å². The van der Waals surface area contributed by atoms with Crippen LogP contribution in [0.5, 0.6) is 0 Å². The smallest absolute Gasteiger partial charge is 0.306 e. The molecule has 1 aromatic rings. The Bertz CT molecular complexity index is 513. The van der Waals surface area contributed by atoms with Gasteiger partial charge in [0.1, 0.15) is 0 Å². The van der Waals surface area contributed by atoms with Crippen LogP contribution in [0.3, 0.4) is 0 Å². The second kappa shape index (κ2) is 9.62. The molecule has 24 heavy (non-hydrogen) atoms. The zero-order valence-electron chi connectivity index (χ0n) is 14.9. The van der Waals surface area contributed by atoms with Gasteiger partial charge in [-0.2, -0.15) is 0 Å². The molecule has 0 unspecified atom stereocenters. The maximum atomic E-state index is 11.6. The van der Waals surface area contributed by atoms with Gasteiger partial charge in [-0.3, -0.25) is 9.78 Å². The Morgan fingerprint density at radius 2 is 2.00 bits per heavy atom. The quantitative estimate of drug-likeness (QED) is 0.740. The molecule has 0 spiro atoms. The van der Waals surface area contributed by atoms with Crippen molar-refractivity contribution in [1.82, 2.24) is 4.98 Å². The van der Waals surface area contributed by atoms with E-state index in [1.807, 2.05) is 19.1 Å². The summed E-state index contributed by atoms with van der Waals surface area (Å²) in [6, 6.07) is 3.96. The van der Waals surface area contributed by atoms with E-state index in [1.165, 1.54) is 0 Å². The highest BCUT2D eigenvalue weighted by Crippen LogP contribution is 2.32. The van der Waals surface area contributed by atoms with Crippen molar-refractivity contribution in [2.24, 2.45) is 11.8 Å². The Kier molecular flexibility index (Phi) is 7.50. The summed E-state index contributed by atoms with van der Waals surface area (Å²) in [5.41, 5.74) is 1.78. The van der Waals surface area contributed by atoms with Crippen LogP contribution in [0.4, 0.5) is 5.69 Å². The second-order valence-corrected chi connectivity index (χ2v) is 6.56. The van der Waals surface area contributed by atoms with E-state index in [-0.39, 0.29) is 12.6 Å². The number of aromatic nitrogens is 1. The SMILES string of the molecule is CCOC(=O)CC1CCC(CN(CC)c2cccnc2CO)CC1. The molecule has 0 amide bonds. The van der Waals surface area contributed by atoms with Gasteiger partial charge < -0.3 is 14.7 Å². The van der Waals surface area contributed by atoms with E-state index >= 15 is 0 Å². The van der Waals surface area contributed by atoms with Crippen LogP contribution in [0, 0.1) is 11.8 Å². The van der Waals surface area contributed by atoms with Gasteiger partial charge in [-0.25, -0.2) is 0 Å². The van der Waals surface area contributed by atoms with Crippen LogP contribution in [0.15, 0.2) is 18.3 Å². The minimum Gasteiger partial charge on any atom is -0.466 e. The molecule has 5 heteroatoms. The number of ether oxygens (including phenoxy) is 1. The van der Waals surface area contributed by atoms with Crippen LogP contribution in [0.2, 0.25) is 0 Å². The molecule has 1 saturated carbocycles. The van der Waals surface area contributed by atoms with Crippen LogP contribution >= 0.6 is 0 Å². The van der Waals surface area contributed by atoms with Crippen LogP contribution in [0.1, 0.15) is 51.6 Å². The van der Waals surface area contributed by atoms with E-state index in [1.54, 1.807) is 6.20 Å². The van der Waals surface area contributed by atoms with Crippen LogP contribution in [0.25, 0.3) is 0 Å². The van der Waals surface area contributed by atoms with E-state index in [9.17, 15) is 9.90 Å². The number of pyridine rings is 1. The number of carbonyl (C=O) groups is 1. The number of hydrogen-bond donors (Lipinski definition) is 1. The lowest BCUT2D eigenvalue weighted by Crippen LogP contribution is -2.32. The molecule has 2 rings (SSSR count). The molecule has 1 heterocycles. The molecule has 0 radical (unpaired) electrons. The van der Waals surface area contributed by atoms with Gasteiger partial charge >= 0.3 is 5.97 Å². The molecule has 1 aliphatic rings. The first-order chi connectivity index (χ1) is 11.7. The first kappa shape index (κ1) is 18.7. The normalized spacial score (nSPS) is 20.6. The lowest BCUT2D eigenvalue weighted by molar-refractivity contribution is -0.144. The van der Waals surface area contributed by atoms with Gasteiger partial charge in [-0.05, 0) is 63.5 Å². The zero-order chi connectivity index (χ0) is 17.4. The lowest BCUT2D eigenvalue weighted by Gasteiger charge is -2.33. The molecule has 0 aliphatic heterocycles. The van der Waals surface area contributed by atoms with E-state index in [2.05, 4.69) is 16.8 Å². The Morgan fingerprint density at radius 3 is 2.62 bits per heavy atom. The number of nitrogens with zero attached hydrogens (tertiary/aromatic N) is 2. The molecular formula is C19H30N2O3. The molecule has 134 valence electrons. The summed E-state index contributed by atoms with van der Waals surface area (Å²) in [5, 5.41) is 9.50. The monoisotopic (exact) mass is 334 g/mol. The number of rotatable bonds is 8. The third-order valence-corrected chi connectivity index (χ3v) is 4.94. The third-order valence-electron chi connectivity index (χ3n) is 4.94. The number of anilines is 1. The highest BCUT2D eigenvalue weighted by atomic mass is 16.5. The predicted molar refractivity (Wildman–Crippen MR) is 94.7 cm³/mol. The number of carbonyl (C=O) groups excluding carboxylic acids is 1. The van der Waals surface area contributed by atoms with Crippen LogP contribution < -0.4 is 4.90 Å². The first-order valence-corrected chi connectivity index (χ1v) is 9.13. The van der Waals surface area contributed by atoms with E-state index in [4.69, 9.17) is 4.74 Å². The third kappa shape index (κ3) is 5.20. The molecule has 0 bridgehead atoms. The Balaban J connectivity index is 1.86. The van der Waals surface area contributed by atoms with Crippen molar-refractivity contribution in [2.75, 3.05) is 24.6 Å². The van der Waals surface area contributed by atoms with Crippen molar-refractivity contribution in [3.63, 3.8) is 0 Å². The maximum absolute atomic E-state index is 11.6. The topological polar surface area (TPSA) is 62.7 Å². The molecule has 0 saturated heterocycles. The highest BCUT2D eigenvalue weighted by molar-refractivity contribution is 5.69. The lowest BCUT2D eigenvalue weighted by atomic mass is 9.80. The fourth-order valence-electron chi connectivity index (χ4n) is 3.62. The number of esters is 1. The Labute approximate surface area is 145 Å². The van der Waals surface area contributed by atoms with Crippen molar-refractivity contribution in [3.05, 3.63) is 24.0 Å². The summed E-state index contributed by atoms with van der Waals surface area (Å²) in [4.78, 5) is 18.2. The number of aliphatic hydroxyl groups excluding tert-OH is 1. The minimum atomic E-state index is -0.0564. The minimum absolute atomic E-state index is 0.0288. The van der Waals surface area contributed by atoms with Gasteiger partial charge in [0.05, 0.1) is 24.6 Å². The van der Waals surface area contributed by atoms with Crippen LogP contribution in [-0.4, -0.2) is 35.8 Å². The summed E-state index contributed by atoms with van der Waals surface area (Å²) in [5.74, 6) is 1.05. The van der Waals surface area contributed by atoms with E-state index < -0.39 is 0 Å². The average molecular weight is 334 g/mol. The van der Waals surface area contributed by atoms with Crippen LogP contribution in [-0.2, 0) is 16.1 Å². The van der Waals surface area contributed by atoms with Gasteiger partial charge in [0.25, 0.3) is 0 Å². The first-order valence-electron chi connectivity index (χ1n) is 9.13. The van der Waals surface area contributed by atoms with E-state index in [0.29, 0.717) is 24.9 Å². The zero-order valence-corrected chi connectivity index (χ0v) is 14.9. The van der Waals surface area contributed by atoms with Crippen molar-refractivity contribution >= 4 is 11.7 Å². The molecule has 0 aromatic carbocycles. The molecule has 1 aromatic heterocycles. The maximum Gasteiger partial charge on any atom is 0.306 e. The fourth-order valence-corrected chi connectivity index (χ4v) is 3.62. The molecule has 0 atom stereocenters. The Hall–Kier alpha value is -1.62. The molecular weight excluding hydrogens is 304 g/mol. The highest BCUT2D eigenvalue weighted by Gasteiger charge is 2.25. The van der Waals surface area contributed by atoms with Crippen molar-refractivity contribution in [2.45, 2.75) is 52.6 Å². The van der Waals surface area contributed by atoms with Gasteiger partial charge in [0, 0.05) is 25.7 Å².